The third-order valence-corrected chi connectivity index (χ3v) is 3.54. The Hall–Kier alpha value is 0.700. The summed E-state index contributed by atoms with van der Waals surface area (Å²) in [5.41, 5.74) is 0. The summed E-state index contributed by atoms with van der Waals surface area (Å²) in [4.78, 5) is 10.0. The molecule has 0 spiro atoms. The summed E-state index contributed by atoms with van der Waals surface area (Å²) in [6.07, 6.45) is 24.2. The Labute approximate surface area is 161 Å². The molecule has 0 fully saturated rings. The van der Waals surface area contributed by atoms with Crippen LogP contribution in [0.3, 0.4) is 0 Å². The van der Waals surface area contributed by atoms with Gasteiger partial charge in [0.1, 0.15) is 0 Å². The molecule has 120 valence electrons. The van der Waals surface area contributed by atoms with Crippen LogP contribution in [0.25, 0.3) is 0 Å². The van der Waals surface area contributed by atoms with E-state index in [1.165, 1.54) is 77.0 Å². The molecule has 0 radical (unpaired) electrons. The van der Waals surface area contributed by atoms with Gasteiger partial charge in [-0.05, 0) is 25.7 Å². The molecule has 0 amide bonds. The predicted octanol–water partition coefficient (Wildman–Crippen LogP) is 3.56. The zero-order valence-electron chi connectivity index (χ0n) is 14.4. The van der Waals surface area contributed by atoms with Crippen LogP contribution < -0.4 is 29.6 Å². The predicted molar refractivity (Wildman–Crippen MR) is 92.4 cm³/mol. The standard InChI is InChI=1S/C18H33O.ClH.Na/c1-2-3-4-5-6-7-8-9-10-11-12-13-14-15-16-17-18-19;;/h9-10H,2-8,11-17H2,1H3;1H;/q-1;;+1/b10-9-;;. The molecule has 3 heteroatoms. The molecule has 0 saturated carbocycles. The molecule has 1 nitrogen and oxygen atoms in total. The van der Waals surface area contributed by atoms with Gasteiger partial charge in [0.15, 0.2) is 0 Å². The summed E-state index contributed by atoms with van der Waals surface area (Å²) >= 11 is 0. The van der Waals surface area contributed by atoms with E-state index in [0.29, 0.717) is 6.42 Å². The normalized spacial score (nSPS) is 10.1. The average molecular weight is 325 g/mol. The number of hydrogen-bond acceptors (Lipinski definition) is 1. The van der Waals surface area contributed by atoms with E-state index in [4.69, 9.17) is 0 Å². The van der Waals surface area contributed by atoms with Gasteiger partial charge in [-0.3, -0.25) is 6.29 Å². The van der Waals surface area contributed by atoms with Gasteiger partial charge in [0.05, 0.1) is 0 Å². The monoisotopic (exact) mass is 324 g/mol. The van der Waals surface area contributed by atoms with Crippen LogP contribution in [0.15, 0.2) is 12.2 Å². The fraction of sp³-hybridized carbons (Fsp3) is 0.833. The van der Waals surface area contributed by atoms with Crippen molar-refractivity contribution in [3.63, 3.8) is 0 Å². The second kappa shape index (κ2) is 25.6. The van der Waals surface area contributed by atoms with E-state index in [9.17, 15) is 4.79 Å². The molecule has 0 aliphatic rings. The number of allylic oxidation sites excluding steroid dienone is 2. The van der Waals surface area contributed by atoms with E-state index in [1.807, 2.05) is 6.29 Å². The first kappa shape index (κ1) is 26.6. The fourth-order valence-electron chi connectivity index (χ4n) is 2.27. The summed E-state index contributed by atoms with van der Waals surface area (Å²) < 4.78 is 0. The van der Waals surface area contributed by atoms with Crippen LogP contribution >= 0.6 is 12.4 Å². The first-order chi connectivity index (χ1) is 9.41. The molecule has 0 aliphatic heterocycles. The minimum absolute atomic E-state index is 0. The van der Waals surface area contributed by atoms with Crippen molar-refractivity contribution in [3.05, 3.63) is 12.2 Å². The maximum Gasteiger partial charge on any atom is 1.00 e. The van der Waals surface area contributed by atoms with Crippen LogP contribution in [0.4, 0.5) is 0 Å². The summed E-state index contributed by atoms with van der Waals surface area (Å²) in [7, 11) is 0. The number of hydrogen-bond donors (Lipinski definition) is 0. The van der Waals surface area contributed by atoms with Gasteiger partial charge >= 0.3 is 29.6 Å². The first-order valence-electron chi connectivity index (χ1n) is 8.41. The van der Waals surface area contributed by atoms with Gasteiger partial charge in [0.25, 0.3) is 0 Å². The zero-order valence-corrected chi connectivity index (χ0v) is 17.2. The van der Waals surface area contributed by atoms with Crippen molar-refractivity contribution in [3.8, 4) is 0 Å². The maximum atomic E-state index is 10.0. The van der Waals surface area contributed by atoms with Crippen molar-refractivity contribution < 1.29 is 34.4 Å². The molecule has 0 N–H and O–H groups in total. The van der Waals surface area contributed by atoms with E-state index in [2.05, 4.69) is 19.1 Å². The van der Waals surface area contributed by atoms with Gasteiger partial charge in [-0.25, -0.2) is 0 Å². The van der Waals surface area contributed by atoms with Crippen LogP contribution in [-0.2, 0) is 4.79 Å². The number of unbranched alkanes of at least 4 members (excludes halogenated alkanes) is 12. The third kappa shape index (κ3) is 26.0. The molecule has 0 heterocycles. The third-order valence-electron chi connectivity index (χ3n) is 3.54. The number of rotatable bonds is 15. The molecule has 0 saturated heterocycles. The minimum Gasteiger partial charge on any atom is -0.542 e. The van der Waals surface area contributed by atoms with Crippen molar-refractivity contribution in [2.75, 3.05) is 0 Å². The van der Waals surface area contributed by atoms with Gasteiger partial charge in [0.2, 0.25) is 0 Å². The summed E-state index contributed by atoms with van der Waals surface area (Å²) in [6, 6.07) is 0. The van der Waals surface area contributed by atoms with Gasteiger partial charge in [-0.15, -0.1) is 12.4 Å². The average Bonchev–Trinajstić information content (AvgIpc) is 2.43. The molecular formula is C18H34ClNaO. The molecule has 0 atom stereocenters. The molecule has 0 aromatic rings. The summed E-state index contributed by atoms with van der Waals surface area (Å²) in [5, 5.41) is 0. The van der Waals surface area contributed by atoms with Gasteiger partial charge in [-0.2, -0.15) is 6.42 Å². The second-order valence-corrected chi connectivity index (χ2v) is 5.48. The van der Waals surface area contributed by atoms with Gasteiger partial charge < -0.3 is 4.79 Å². The molecule has 0 aromatic heterocycles. The number of carbonyl (C=O) groups excluding carboxylic acids is 1. The smallest absolute Gasteiger partial charge is 0.542 e. The Morgan fingerprint density at radius 2 is 1.14 bits per heavy atom. The van der Waals surface area contributed by atoms with E-state index in [-0.39, 0.29) is 42.0 Å². The van der Waals surface area contributed by atoms with Crippen LogP contribution in [0, 0.1) is 0 Å². The largest absolute Gasteiger partial charge is 1.00 e. The Morgan fingerprint density at radius 3 is 1.62 bits per heavy atom. The Bertz CT molecular complexity index is 207. The molecule has 0 bridgehead atoms. The molecule has 0 unspecified atom stereocenters. The molecule has 21 heavy (non-hydrogen) atoms. The van der Waals surface area contributed by atoms with Crippen LogP contribution in [-0.4, -0.2) is 6.29 Å². The van der Waals surface area contributed by atoms with Crippen LogP contribution in [0.5, 0.6) is 0 Å². The first-order valence-corrected chi connectivity index (χ1v) is 8.41. The summed E-state index contributed by atoms with van der Waals surface area (Å²) in [6.45, 7) is 2.27. The number of halogens is 1. The molecule has 0 rings (SSSR count). The van der Waals surface area contributed by atoms with Crippen molar-refractivity contribution in [2.24, 2.45) is 0 Å². The molecule has 0 aromatic carbocycles. The maximum absolute atomic E-state index is 10.0. The molecule has 0 aliphatic carbocycles. The van der Waals surface area contributed by atoms with Crippen molar-refractivity contribution >= 4 is 18.7 Å². The second-order valence-electron chi connectivity index (χ2n) is 5.48. The Kier molecular flexibility index (Phi) is 32.5. The van der Waals surface area contributed by atoms with E-state index in [0.717, 1.165) is 6.42 Å². The SMILES string of the molecule is CCCCCCCC/C=C\CCCCCCC[C-]=O.Cl.[Na+]. The Morgan fingerprint density at radius 1 is 0.714 bits per heavy atom. The van der Waals surface area contributed by atoms with Crippen LogP contribution in [0.1, 0.15) is 96.8 Å². The topological polar surface area (TPSA) is 17.1 Å². The fourth-order valence-corrected chi connectivity index (χ4v) is 2.27. The zero-order chi connectivity index (χ0) is 14.0. The van der Waals surface area contributed by atoms with Crippen LogP contribution in [0.2, 0.25) is 0 Å². The molecular weight excluding hydrogens is 291 g/mol. The van der Waals surface area contributed by atoms with E-state index >= 15 is 0 Å². The Balaban J connectivity index is -0.00000162. The van der Waals surface area contributed by atoms with E-state index < -0.39 is 0 Å². The van der Waals surface area contributed by atoms with Crippen molar-refractivity contribution in [1.82, 2.24) is 0 Å². The van der Waals surface area contributed by atoms with E-state index in [1.54, 1.807) is 0 Å². The van der Waals surface area contributed by atoms with Gasteiger partial charge in [0, 0.05) is 0 Å². The van der Waals surface area contributed by atoms with Crippen molar-refractivity contribution in [2.45, 2.75) is 96.8 Å². The quantitative estimate of drug-likeness (QED) is 0.195. The summed E-state index contributed by atoms with van der Waals surface area (Å²) in [5.74, 6) is 0. The van der Waals surface area contributed by atoms with Crippen molar-refractivity contribution in [1.29, 1.82) is 0 Å². The van der Waals surface area contributed by atoms with Gasteiger partial charge in [-0.1, -0.05) is 76.9 Å². The minimum atomic E-state index is 0.